The van der Waals surface area contributed by atoms with Gasteiger partial charge in [0.15, 0.2) is 0 Å². The summed E-state index contributed by atoms with van der Waals surface area (Å²) in [4.78, 5) is 0. The van der Waals surface area contributed by atoms with Gasteiger partial charge in [-0.2, -0.15) is 0 Å². The van der Waals surface area contributed by atoms with E-state index in [1.807, 2.05) is 44.2 Å². The topological polar surface area (TPSA) is 38.0 Å². The molecule has 0 saturated carbocycles. The minimum Gasteiger partial charge on any atom is -0.377 e. The van der Waals surface area contributed by atoms with Crippen LogP contribution in [-0.4, -0.2) is 6.54 Å². The smallest absolute Gasteiger partial charge is 0.128 e. The average molecular weight is 258 g/mol. The first-order valence-electron chi connectivity index (χ1n) is 6.40. The monoisotopic (exact) mass is 258 g/mol. The fraction of sp³-hybridized carbons (Fsp3) is 0.250. The average Bonchev–Trinajstić information content (AvgIpc) is 2.41. The lowest BCUT2D eigenvalue weighted by atomic mass is 10.0. The van der Waals surface area contributed by atoms with E-state index in [4.69, 9.17) is 5.73 Å². The molecule has 0 bridgehead atoms. The Morgan fingerprint density at radius 1 is 1.16 bits per heavy atom. The largest absolute Gasteiger partial charge is 0.377 e. The number of nitrogens with two attached hydrogens (primary N) is 1. The molecular weight excluding hydrogens is 239 g/mol. The molecule has 1 atom stereocenters. The van der Waals surface area contributed by atoms with Crippen LogP contribution in [-0.2, 0) is 0 Å². The third-order valence-corrected chi connectivity index (χ3v) is 3.24. The summed E-state index contributed by atoms with van der Waals surface area (Å²) < 4.78 is 13.9. The Morgan fingerprint density at radius 2 is 1.89 bits per heavy atom. The third kappa shape index (κ3) is 3.12. The van der Waals surface area contributed by atoms with E-state index < -0.39 is 0 Å². The zero-order valence-electron chi connectivity index (χ0n) is 11.3. The van der Waals surface area contributed by atoms with Gasteiger partial charge in [0.2, 0.25) is 0 Å². The fourth-order valence-electron chi connectivity index (χ4n) is 2.12. The van der Waals surface area contributed by atoms with Crippen molar-refractivity contribution >= 4 is 5.69 Å². The molecule has 0 amide bonds. The Kier molecular flexibility index (Phi) is 4.17. The number of halogens is 1. The third-order valence-electron chi connectivity index (χ3n) is 3.24. The van der Waals surface area contributed by atoms with Crippen LogP contribution in [0.4, 0.5) is 10.1 Å². The molecule has 2 rings (SSSR count). The molecule has 100 valence electrons. The zero-order chi connectivity index (χ0) is 13.8. The molecule has 0 heterocycles. The Hall–Kier alpha value is -1.87. The molecule has 3 heteroatoms. The van der Waals surface area contributed by atoms with Gasteiger partial charge in [-0.25, -0.2) is 4.39 Å². The minimum atomic E-state index is -0.221. The van der Waals surface area contributed by atoms with Crippen molar-refractivity contribution in [2.24, 2.45) is 5.73 Å². The van der Waals surface area contributed by atoms with Crippen LogP contribution in [0.15, 0.2) is 42.5 Å². The fourth-order valence-corrected chi connectivity index (χ4v) is 2.12. The number of hydrogen-bond donors (Lipinski definition) is 2. The first-order chi connectivity index (χ1) is 9.11. The number of nitrogens with one attached hydrogen (secondary N) is 1. The lowest BCUT2D eigenvalue weighted by molar-refractivity contribution is 0.593. The maximum absolute atomic E-state index is 13.9. The van der Waals surface area contributed by atoms with Crippen molar-refractivity contribution in [2.45, 2.75) is 19.9 Å². The zero-order valence-corrected chi connectivity index (χ0v) is 11.3. The summed E-state index contributed by atoms with van der Waals surface area (Å²) >= 11 is 0. The van der Waals surface area contributed by atoms with Gasteiger partial charge in [0.1, 0.15) is 5.82 Å². The van der Waals surface area contributed by atoms with E-state index in [0.717, 1.165) is 16.8 Å². The Morgan fingerprint density at radius 3 is 2.58 bits per heavy atom. The maximum Gasteiger partial charge on any atom is 0.128 e. The number of anilines is 1. The summed E-state index contributed by atoms with van der Waals surface area (Å²) in [5.41, 5.74) is 9.54. The van der Waals surface area contributed by atoms with Crippen molar-refractivity contribution in [3.05, 3.63) is 65.0 Å². The summed E-state index contributed by atoms with van der Waals surface area (Å²) in [6.45, 7) is 4.31. The van der Waals surface area contributed by atoms with Crippen LogP contribution in [0.5, 0.6) is 0 Å². The van der Waals surface area contributed by atoms with E-state index in [-0.39, 0.29) is 11.9 Å². The molecule has 19 heavy (non-hydrogen) atoms. The molecule has 2 aromatic rings. The van der Waals surface area contributed by atoms with Crippen LogP contribution in [0.1, 0.15) is 22.7 Å². The Bertz CT molecular complexity index is 566. The summed E-state index contributed by atoms with van der Waals surface area (Å²) in [6, 6.07) is 12.8. The molecule has 0 aliphatic carbocycles. The first-order valence-corrected chi connectivity index (χ1v) is 6.40. The van der Waals surface area contributed by atoms with Gasteiger partial charge in [-0.15, -0.1) is 0 Å². The molecule has 0 aliphatic rings. The maximum atomic E-state index is 13.9. The van der Waals surface area contributed by atoms with Crippen LogP contribution < -0.4 is 11.1 Å². The first kappa shape index (κ1) is 13.6. The van der Waals surface area contributed by atoms with E-state index >= 15 is 0 Å². The number of hydrogen-bond acceptors (Lipinski definition) is 2. The quantitative estimate of drug-likeness (QED) is 0.880. The van der Waals surface area contributed by atoms with Crippen molar-refractivity contribution < 1.29 is 4.39 Å². The molecule has 2 nitrogen and oxygen atoms in total. The second-order valence-electron chi connectivity index (χ2n) is 4.77. The van der Waals surface area contributed by atoms with Crippen LogP contribution in [0.3, 0.4) is 0 Å². The summed E-state index contributed by atoms with van der Waals surface area (Å²) in [5.74, 6) is -0.220. The van der Waals surface area contributed by atoms with Crippen molar-refractivity contribution in [1.29, 1.82) is 0 Å². The van der Waals surface area contributed by atoms with E-state index in [0.29, 0.717) is 12.1 Å². The molecular formula is C16H19FN2. The van der Waals surface area contributed by atoms with Crippen LogP contribution >= 0.6 is 0 Å². The van der Waals surface area contributed by atoms with E-state index in [1.54, 1.807) is 6.07 Å². The molecule has 0 aliphatic heterocycles. The van der Waals surface area contributed by atoms with Crippen LogP contribution in [0.2, 0.25) is 0 Å². The van der Waals surface area contributed by atoms with Gasteiger partial charge in [0, 0.05) is 17.8 Å². The summed E-state index contributed by atoms with van der Waals surface area (Å²) in [7, 11) is 0. The molecule has 0 saturated heterocycles. The second kappa shape index (κ2) is 5.85. The van der Waals surface area contributed by atoms with Crippen LogP contribution in [0, 0.1) is 19.7 Å². The van der Waals surface area contributed by atoms with Gasteiger partial charge in [-0.3, -0.25) is 0 Å². The molecule has 0 aromatic heterocycles. The number of aryl methyl sites for hydroxylation is 2. The van der Waals surface area contributed by atoms with Gasteiger partial charge in [-0.05, 0) is 31.5 Å². The number of benzene rings is 2. The van der Waals surface area contributed by atoms with Crippen molar-refractivity contribution in [1.82, 2.24) is 0 Å². The van der Waals surface area contributed by atoms with Gasteiger partial charge in [0.05, 0.1) is 6.04 Å². The highest BCUT2D eigenvalue weighted by Gasteiger charge is 2.15. The number of para-hydroxylation sites is 1. The minimum absolute atomic E-state index is 0.220. The highest BCUT2D eigenvalue weighted by molar-refractivity contribution is 5.52. The van der Waals surface area contributed by atoms with Gasteiger partial charge in [-0.1, -0.05) is 35.9 Å². The molecule has 2 aromatic carbocycles. The SMILES string of the molecule is Cc1ccc(F)c(C(CN)Nc2ccccc2C)c1. The molecule has 1 unspecified atom stereocenters. The van der Waals surface area contributed by atoms with Crippen LogP contribution in [0.25, 0.3) is 0 Å². The van der Waals surface area contributed by atoms with Crippen molar-refractivity contribution in [3.8, 4) is 0 Å². The van der Waals surface area contributed by atoms with Crippen molar-refractivity contribution in [3.63, 3.8) is 0 Å². The normalized spacial score (nSPS) is 12.2. The summed E-state index contributed by atoms with van der Waals surface area (Å²) in [5, 5.41) is 3.32. The standard InChI is InChI=1S/C16H19FN2/c1-11-7-8-14(17)13(9-11)16(10-18)19-15-6-4-3-5-12(15)2/h3-9,16,19H,10,18H2,1-2H3. The lowest BCUT2D eigenvalue weighted by Crippen LogP contribution is -2.22. The predicted octanol–water partition coefficient (Wildman–Crippen LogP) is 3.55. The van der Waals surface area contributed by atoms with E-state index in [9.17, 15) is 4.39 Å². The molecule has 0 spiro atoms. The second-order valence-corrected chi connectivity index (χ2v) is 4.77. The van der Waals surface area contributed by atoms with Crippen molar-refractivity contribution in [2.75, 3.05) is 11.9 Å². The molecule has 0 radical (unpaired) electrons. The Labute approximate surface area is 113 Å². The predicted molar refractivity (Wildman–Crippen MR) is 77.7 cm³/mol. The highest BCUT2D eigenvalue weighted by atomic mass is 19.1. The lowest BCUT2D eigenvalue weighted by Gasteiger charge is -2.21. The van der Waals surface area contributed by atoms with Gasteiger partial charge >= 0.3 is 0 Å². The summed E-state index contributed by atoms with van der Waals surface area (Å²) in [6.07, 6.45) is 0. The van der Waals surface area contributed by atoms with E-state index in [1.165, 1.54) is 6.07 Å². The van der Waals surface area contributed by atoms with E-state index in [2.05, 4.69) is 5.32 Å². The highest BCUT2D eigenvalue weighted by Crippen LogP contribution is 2.24. The number of rotatable bonds is 4. The van der Waals surface area contributed by atoms with Gasteiger partial charge < -0.3 is 11.1 Å². The Balaban J connectivity index is 2.30. The molecule has 0 fully saturated rings. The van der Waals surface area contributed by atoms with Gasteiger partial charge in [0.25, 0.3) is 0 Å². The molecule has 3 N–H and O–H groups in total.